The molecule has 0 spiro atoms. The van der Waals surface area contributed by atoms with Gasteiger partial charge >= 0.3 is 0 Å². The standard InChI is InChI=1S/C13H17N3O3/c1-19-12-3-2-10(13(18)6-12)7-14-11-8-15-16(9-11)4-5-17/h2-3,6,8-9,14,17-18H,4-5,7H2,1H3. The maximum atomic E-state index is 9.82. The van der Waals surface area contributed by atoms with E-state index < -0.39 is 0 Å². The van der Waals surface area contributed by atoms with Gasteiger partial charge in [-0.3, -0.25) is 4.68 Å². The fourth-order valence-electron chi connectivity index (χ4n) is 1.70. The molecular weight excluding hydrogens is 246 g/mol. The minimum Gasteiger partial charge on any atom is -0.507 e. The second-order valence-corrected chi connectivity index (χ2v) is 4.06. The van der Waals surface area contributed by atoms with E-state index in [2.05, 4.69) is 10.4 Å². The van der Waals surface area contributed by atoms with Crippen LogP contribution >= 0.6 is 0 Å². The zero-order valence-corrected chi connectivity index (χ0v) is 10.7. The van der Waals surface area contributed by atoms with Gasteiger partial charge in [0.1, 0.15) is 11.5 Å². The van der Waals surface area contributed by atoms with Crippen LogP contribution < -0.4 is 10.1 Å². The maximum absolute atomic E-state index is 9.82. The van der Waals surface area contributed by atoms with Gasteiger partial charge in [0.15, 0.2) is 0 Å². The zero-order chi connectivity index (χ0) is 13.7. The number of anilines is 1. The molecule has 6 heteroatoms. The van der Waals surface area contributed by atoms with Crippen molar-refractivity contribution in [2.45, 2.75) is 13.1 Å². The maximum Gasteiger partial charge on any atom is 0.124 e. The molecule has 0 fully saturated rings. The number of rotatable bonds is 6. The normalized spacial score (nSPS) is 10.4. The van der Waals surface area contributed by atoms with Gasteiger partial charge in [0.25, 0.3) is 0 Å². The smallest absolute Gasteiger partial charge is 0.124 e. The summed E-state index contributed by atoms with van der Waals surface area (Å²) in [5.74, 6) is 0.812. The van der Waals surface area contributed by atoms with Crippen molar-refractivity contribution in [2.24, 2.45) is 0 Å². The highest BCUT2D eigenvalue weighted by molar-refractivity contribution is 5.44. The van der Waals surface area contributed by atoms with Crippen molar-refractivity contribution in [1.29, 1.82) is 0 Å². The molecule has 19 heavy (non-hydrogen) atoms. The molecule has 0 amide bonds. The Morgan fingerprint density at radius 3 is 2.95 bits per heavy atom. The van der Waals surface area contributed by atoms with Crippen LogP contribution in [0.3, 0.4) is 0 Å². The lowest BCUT2D eigenvalue weighted by Gasteiger charge is -2.07. The van der Waals surface area contributed by atoms with E-state index >= 15 is 0 Å². The highest BCUT2D eigenvalue weighted by Gasteiger charge is 2.04. The summed E-state index contributed by atoms with van der Waals surface area (Å²) in [7, 11) is 1.56. The summed E-state index contributed by atoms with van der Waals surface area (Å²) >= 11 is 0. The molecule has 1 heterocycles. The van der Waals surface area contributed by atoms with Crippen molar-refractivity contribution in [1.82, 2.24) is 9.78 Å². The molecule has 6 nitrogen and oxygen atoms in total. The first kappa shape index (κ1) is 13.2. The van der Waals surface area contributed by atoms with Crippen molar-refractivity contribution in [3.63, 3.8) is 0 Å². The molecule has 0 aliphatic carbocycles. The number of nitrogens with one attached hydrogen (secondary N) is 1. The lowest BCUT2D eigenvalue weighted by atomic mass is 10.2. The van der Waals surface area contributed by atoms with Gasteiger partial charge < -0.3 is 20.3 Å². The van der Waals surface area contributed by atoms with Gasteiger partial charge in [0.05, 0.1) is 32.1 Å². The summed E-state index contributed by atoms with van der Waals surface area (Å²) in [6.07, 6.45) is 3.48. The van der Waals surface area contributed by atoms with Gasteiger partial charge in [-0.05, 0) is 12.1 Å². The van der Waals surface area contributed by atoms with Crippen molar-refractivity contribution < 1.29 is 14.9 Å². The van der Waals surface area contributed by atoms with Crippen LogP contribution in [-0.4, -0.2) is 33.7 Å². The molecule has 0 aliphatic rings. The highest BCUT2D eigenvalue weighted by Crippen LogP contribution is 2.24. The Bertz CT molecular complexity index is 540. The summed E-state index contributed by atoms with van der Waals surface area (Å²) in [6, 6.07) is 5.18. The van der Waals surface area contributed by atoms with Gasteiger partial charge in [-0.2, -0.15) is 5.10 Å². The first-order chi connectivity index (χ1) is 9.22. The lowest BCUT2D eigenvalue weighted by Crippen LogP contribution is -2.02. The molecule has 0 saturated carbocycles. The van der Waals surface area contributed by atoms with Crippen molar-refractivity contribution in [3.8, 4) is 11.5 Å². The Morgan fingerprint density at radius 2 is 2.26 bits per heavy atom. The molecule has 102 valence electrons. The quantitative estimate of drug-likeness (QED) is 0.730. The minimum atomic E-state index is 0.0559. The van der Waals surface area contributed by atoms with Crippen LogP contribution in [0.1, 0.15) is 5.56 Å². The van der Waals surface area contributed by atoms with E-state index in [4.69, 9.17) is 9.84 Å². The van der Waals surface area contributed by atoms with Gasteiger partial charge in [-0.25, -0.2) is 0 Å². The topological polar surface area (TPSA) is 79.5 Å². The van der Waals surface area contributed by atoms with Crippen molar-refractivity contribution >= 4 is 5.69 Å². The number of aliphatic hydroxyl groups excluding tert-OH is 1. The van der Waals surface area contributed by atoms with E-state index in [1.165, 1.54) is 0 Å². The number of hydrogen-bond acceptors (Lipinski definition) is 5. The number of methoxy groups -OCH3 is 1. The largest absolute Gasteiger partial charge is 0.507 e. The molecule has 3 N–H and O–H groups in total. The Balaban J connectivity index is 1.97. The molecule has 0 atom stereocenters. The SMILES string of the molecule is COc1ccc(CNc2cnn(CCO)c2)c(O)c1. The van der Waals surface area contributed by atoms with Crippen LogP contribution in [0, 0.1) is 0 Å². The Kier molecular flexibility index (Phi) is 4.25. The number of benzene rings is 1. The molecular formula is C13H17N3O3. The Morgan fingerprint density at radius 1 is 1.42 bits per heavy atom. The van der Waals surface area contributed by atoms with Gasteiger partial charge in [-0.15, -0.1) is 0 Å². The molecule has 0 saturated heterocycles. The minimum absolute atomic E-state index is 0.0559. The van der Waals surface area contributed by atoms with Crippen molar-refractivity contribution in [3.05, 3.63) is 36.2 Å². The van der Waals surface area contributed by atoms with Crippen LogP contribution in [-0.2, 0) is 13.1 Å². The van der Waals surface area contributed by atoms with Crippen LogP contribution in [0.15, 0.2) is 30.6 Å². The van der Waals surface area contributed by atoms with Crippen LogP contribution in [0.5, 0.6) is 11.5 Å². The van der Waals surface area contributed by atoms with Crippen LogP contribution in [0.4, 0.5) is 5.69 Å². The van der Waals surface area contributed by atoms with Gasteiger partial charge in [0.2, 0.25) is 0 Å². The number of ether oxygens (including phenoxy) is 1. The Labute approximate surface area is 111 Å². The lowest BCUT2D eigenvalue weighted by molar-refractivity contribution is 0.269. The van der Waals surface area contributed by atoms with Gasteiger partial charge in [-0.1, -0.05) is 0 Å². The average molecular weight is 263 g/mol. The van der Waals surface area contributed by atoms with E-state index in [1.807, 2.05) is 0 Å². The van der Waals surface area contributed by atoms with E-state index in [1.54, 1.807) is 42.4 Å². The molecule has 1 aromatic carbocycles. The predicted octanol–water partition coefficient (Wildman–Crippen LogP) is 1.20. The second-order valence-electron chi connectivity index (χ2n) is 4.06. The number of phenols is 1. The first-order valence-electron chi connectivity index (χ1n) is 5.96. The van der Waals surface area contributed by atoms with E-state index in [0.717, 1.165) is 11.3 Å². The monoisotopic (exact) mass is 263 g/mol. The summed E-state index contributed by atoms with van der Waals surface area (Å²) in [6.45, 7) is 1.01. The third-order valence-electron chi connectivity index (χ3n) is 2.74. The third-order valence-corrected chi connectivity index (χ3v) is 2.74. The number of nitrogens with zero attached hydrogens (tertiary/aromatic N) is 2. The number of hydrogen-bond donors (Lipinski definition) is 3. The molecule has 1 aromatic heterocycles. The summed E-state index contributed by atoms with van der Waals surface area (Å²) in [5.41, 5.74) is 1.61. The average Bonchev–Trinajstić information content (AvgIpc) is 2.85. The first-order valence-corrected chi connectivity index (χ1v) is 5.96. The van der Waals surface area contributed by atoms with Crippen LogP contribution in [0.2, 0.25) is 0 Å². The molecule has 0 unspecified atom stereocenters. The summed E-state index contributed by atoms with van der Waals surface area (Å²) in [5, 5.41) is 25.8. The molecule has 2 rings (SSSR count). The summed E-state index contributed by atoms with van der Waals surface area (Å²) < 4.78 is 6.67. The number of phenolic OH excluding ortho intramolecular Hbond substituents is 1. The number of aromatic hydroxyl groups is 1. The molecule has 0 aliphatic heterocycles. The number of aliphatic hydroxyl groups is 1. The number of aromatic nitrogens is 2. The van der Waals surface area contributed by atoms with E-state index in [-0.39, 0.29) is 12.4 Å². The summed E-state index contributed by atoms with van der Waals surface area (Å²) in [4.78, 5) is 0. The Hall–Kier alpha value is -2.21. The molecule has 0 bridgehead atoms. The second kappa shape index (κ2) is 6.10. The fourth-order valence-corrected chi connectivity index (χ4v) is 1.70. The third kappa shape index (κ3) is 3.38. The zero-order valence-electron chi connectivity index (χ0n) is 10.7. The predicted molar refractivity (Wildman–Crippen MR) is 71.3 cm³/mol. The molecule has 2 aromatic rings. The van der Waals surface area contributed by atoms with Crippen molar-refractivity contribution in [2.75, 3.05) is 19.0 Å². The highest BCUT2D eigenvalue weighted by atomic mass is 16.5. The van der Waals surface area contributed by atoms with E-state index in [0.29, 0.717) is 18.8 Å². The van der Waals surface area contributed by atoms with Crippen LogP contribution in [0.25, 0.3) is 0 Å². The van der Waals surface area contributed by atoms with E-state index in [9.17, 15) is 5.11 Å². The fraction of sp³-hybridized carbons (Fsp3) is 0.308. The van der Waals surface area contributed by atoms with Gasteiger partial charge in [0, 0.05) is 24.4 Å². The molecule has 0 radical (unpaired) electrons.